The molecule has 0 N–H and O–H groups in total. The van der Waals surface area contributed by atoms with Crippen molar-refractivity contribution in [2.24, 2.45) is 0 Å². The number of nitrogens with zero attached hydrogens (tertiary/aromatic N) is 1. The van der Waals surface area contributed by atoms with E-state index in [0.717, 1.165) is 51.2 Å². The Morgan fingerprint density at radius 3 is 1.83 bits per heavy atom. The van der Waals surface area contributed by atoms with Crippen LogP contribution in [0, 0.1) is 0 Å². The molecule has 0 fully saturated rings. The maximum Gasteiger partial charge on any atom is 0.155 e. The van der Waals surface area contributed by atoms with Crippen LogP contribution in [0.15, 0.2) is 152 Å². The SMILES string of the molecule is c1ccc2c(c1)Oc1cccc3c1N2c1ccc(-c2ccccc2-c2ccc(-c4cccc5c4sc4ccccc45)cc2)cc1O3. The summed E-state index contributed by atoms with van der Waals surface area (Å²) in [6.45, 7) is 0. The van der Waals surface area contributed by atoms with Crippen LogP contribution in [0.1, 0.15) is 0 Å². The molecule has 0 radical (unpaired) electrons. The molecule has 0 saturated carbocycles. The molecule has 3 nitrogen and oxygen atoms in total. The molecule has 216 valence electrons. The van der Waals surface area contributed by atoms with Gasteiger partial charge in [-0.05, 0) is 75.8 Å². The molecule has 7 aromatic carbocycles. The van der Waals surface area contributed by atoms with Gasteiger partial charge in [-0.25, -0.2) is 0 Å². The molecule has 0 aliphatic carbocycles. The second-order valence-electron chi connectivity index (χ2n) is 11.7. The van der Waals surface area contributed by atoms with Gasteiger partial charge in [-0.2, -0.15) is 0 Å². The van der Waals surface area contributed by atoms with Gasteiger partial charge in [-0.15, -0.1) is 11.3 Å². The summed E-state index contributed by atoms with van der Waals surface area (Å²) in [5.41, 5.74) is 10.1. The van der Waals surface area contributed by atoms with Gasteiger partial charge in [0, 0.05) is 20.2 Å². The Morgan fingerprint density at radius 2 is 0.978 bits per heavy atom. The van der Waals surface area contributed by atoms with Crippen LogP contribution in [0.5, 0.6) is 23.0 Å². The lowest BCUT2D eigenvalue weighted by Crippen LogP contribution is -2.20. The zero-order valence-electron chi connectivity index (χ0n) is 24.6. The quantitative estimate of drug-likeness (QED) is 0.199. The lowest BCUT2D eigenvalue weighted by Gasteiger charge is -2.37. The van der Waals surface area contributed by atoms with Crippen LogP contribution >= 0.6 is 11.3 Å². The molecule has 0 spiro atoms. The van der Waals surface area contributed by atoms with Crippen LogP contribution in [-0.4, -0.2) is 0 Å². The molecule has 2 aliphatic rings. The highest BCUT2D eigenvalue weighted by Gasteiger charge is 2.34. The Kier molecular flexibility index (Phi) is 5.45. The summed E-state index contributed by atoms with van der Waals surface area (Å²) in [7, 11) is 0. The molecule has 8 aromatic rings. The van der Waals surface area contributed by atoms with E-state index in [1.54, 1.807) is 0 Å². The largest absolute Gasteiger partial charge is 0.453 e. The van der Waals surface area contributed by atoms with Crippen LogP contribution in [0.4, 0.5) is 17.1 Å². The summed E-state index contributed by atoms with van der Waals surface area (Å²) in [6.07, 6.45) is 0. The first-order valence-electron chi connectivity index (χ1n) is 15.4. The smallest absolute Gasteiger partial charge is 0.155 e. The highest BCUT2D eigenvalue weighted by Crippen LogP contribution is 2.59. The maximum absolute atomic E-state index is 6.55. The Hall–Kier alpha value is -5.84. The van der Waals surface area contributed by atoms with Gasteiger partial charge in [-0.3, -0.25) is 4.90 Å². The number of ether oxygens (including phenoxy) is 2. The van der Waals surface area contributed by atoms with Crippen molar-refractivity contribution < 1.29 is 9.47 Å². The molecule has 0 bridgehead atoms. The second kappa shape index (κ2) is 9.83. The Bertz CT molecular complexity index is 2490. The van der Waals surface area contributed by atoms with E-state index in [9.17, 15) is 0 Å². The average Bonchev–Trinajstić information content (AvgIpc) is 3.50. The number of rotatable bonds is 3. The fourth-order valence-corrected chi connectivity index (χ4v) is 8.20. The summed E-state index contributed by atoms with van der Waals surface area (Å²) >= 11 is 1.87. The van der Waals surface area contributed by atoms with Crippen molar-refractivity contribution in [3.63, 3.8) is 0 Å². The van der Waals surface area contributed by atoms with Crippen LogP contribution in [-0.2, 0) is 0 Å². The van der Waals surface area contributed by atoms with Gasteiger partial charge in [0.15, 0.2) is 23.0 Å². The van der Waals surface area contributed by atoms with Crippen LogP contribution in [0.3, 0.4) is 0 Å². The lowest BCUT2D eigenvalue weighted by atomic mass is 9.92. The molecule has 1 aromatic heterocycles. The fourth-order valence-electron chi connectivity index (χ4n) is 6.96. The third-order valence-corrected chi connectivity index (χ3v) is 10.3. The minimum atomic E-state index is 0.786. The molecule has 4 heteroatoms. The third kappa shape index (κ3) is 3.77. The van der Waals surface area contributed by atoms with Crippen LogP contribution in [0.25, 0.3) is 53.6 Å². The number of hydrogen-bond donors (Lipinski definition) is 0. The molecule has 0 amide bonds. The summed E-state index contributed by atoms with van der Waals surface area (Å²) in [5.74, 6) is 3.24. The number of fused-ring (bicyclic) bond motifs is 7. The summed E-state index contributed by atoms with van der Waals surface area (Å²) in [6, 6.07) is 53.6. The normalized spacial score (nSPS) is 12.7. The van der Waals surface area contributed by atoms with Gasteiger partial charge >= 0.3 is 0 Å². The summed E-state index contributed by atoms with van der Waals surface area (Å²) < 4.78 is 15.5. The molecule has 0 unspecified atom stereocenters. The second-order valence-corrected chi connectivity index (χ2v) is 12.7. The van der Waals surface area contributed by atoms with Crippen molar-refractivity contribution in [2.75, 3.05) is 4.90 Å². The van der Waals surface area contributed by atoms with Gasteiger partial charge in [-0.1, -0.05) is 109 Å². The standard InChI is InChI=1S/C42H25NO2S/c1-2-10-30(28-23-24-35-39(25-28)45-38-17-8-16-37-41(38)43(35)34-14-4-5-15-36(34)44-37)29(9-1)26-19-21-27(22-20-26)31-12-7-13-33-32-11-3-6-18-40(32)46-42(31)33/h1-25H. The molecule has 46 heavy (non-hydrogen) atoms. The van der Waals surface area contributed by atoms with Crippen molar-refractivity contribution in [2.45, 2.75) is 0 Å². The number of para-hydroxylation sites is 3. The number of benzene rings is 7. The van der Waals surface area contributed by atoms with E-state index >= 15 is 0 Å². The molecular weight excluding hydrogens is 583 g/mol. The van der Waals surface area contributed by atoms with Crippen molar-refractivity contribution in [3.8, 4) is 56.4 Å². The zero-order chi connectivity index (χ0) is 30.2. The highest BCUT2D eigenvalue weighted by atomic mass is 32.1. The van der Waals surface area contributed by atoms with Crippen molar-refractivity contribution in [1.29, 1.82) is 0 Å². The number of hydrogen-bond acceptors (Lipinski definition) is 4. The van der Waals surface area contributed by atoms with Gasteiger partial charge in [0.25, 0.3) is 0 Å². The van der Waals surface area contributed by atoms with E-state index in [4.69, 9.17) is 9.47 Å². The summed E-state index contributed by atoms with van der Waals surface area (Å²) in [5, 5.41) is 2.65. The van der Waals surface area contributed by atoms with Crippen molar-refractivity contribution >= 4 is 48.6 Å². The minimum Gasteiger partial charge on any atom is -0.453 e. The maximum atomic E-state index is 6.55. The predicted octanol–water partition coefficient (Wildman–Crippen LogP) is 12.7. The molecule has 2 aliphatic heterocycles. The van der Waals surface area contributed by atoms with E-state index in [0.29, 0.717) is 0 Å². The first kappa shape index (κ1) is 25.5. The Balaban J connectivity index is 1.05. The molecular formula is C42H25NO2S. The van der Waals surface area contributed by atoms with Gasteiger partial charge in [0.05, 0.1) is 11.4 Å². The third-order valence-electron chi connectivity index (χ3n) is 9.08. The first-order chi connectivity index (χ1) is 22.8. The van der Waals surface area contributed by atoms with Crippen molar-refractivity contribution in [3.05, 3.63) is 152 Å². The van der Waals surface area contributed by atoms with Gasteiger partial charge in [0.1, 0.15) is 5.69 Å². The molecule has 0 atom stereocenters. The minimum absolute atomic E-state index is 0.786. The Labute approximate surface area is 270 Å². The lowest BCUT2D eigenvalue weighted by molar-refractivity contribution is 0.446. The van der Waals surface area contributed by atoms with E-state index in [1.807, 2.05) is 47.7 Å². The molecule has 10 rings (SSSR count). The summed E-state index contributed by atoms with van der Waals surface area (Å²) in [4.78, 5) is 2.26. The van der Waals surface area contributed by atoms with E-state index < -0.39 is 0 Å². The Morgan fingerprint density at radius 1 is 0.413 bits per heavy atom. The monoisotopic (exact) mass is 607 g/mol. The van der Waals surface area contributed by atoms with E-state index in [-0.39, 0.29) is 0 Å². The molecule has 3 heterocycles. The van der Waals surface area contributed by atoms with Crippen molar-refractivity contribution in [1.82, 2.24) is 0 Å². The van der Waals surface area contributed by atoms with E-state index in [2.05, 4.69) is 120 Å². The first-order valence-corrected chi connectivity index (χ1v) is 16.2. The fraction of sp³-hybridized carbons (Fsp3) is 0. The zero-order valence-corrected chi connectivity index (χ0v) is 25.4. The number of thiophene rings is 1. The van der Waals surface area contributed by atoms with Gasteiger partial charge < -0.3 is 9.47 Å². The average molecular weight is 608 g/mol. The van der Waals surface area contributed by atoms with Crippen LogP contribution < -0.4 is 14.4 Å². The highest BCUT2D eigenvalue weighted by molar-refractivity contribution is 7.26. The van der Waals surface area contributed by atoms with Crippen LogP contribution in [0.2, 0.25) is 0 Å². The molecule has 0 saturated heterocycles. The predicted molar refractivity (Wildman–Crippen MR) is 190 cm³/mol. The topological polar surface area (TPSA) is 21.7 Å². The number of anilines is 3. The van der Waals surface area contributed by atoms with E-state index in [1.165, 1.54) is 42.4 Å². The van der Waals surface area contributed by atoms with Gasteiger partial charge in [0.2, 0.25) is 0 Å².